The number of H-pyrrole nitrogens is 1. The standard InChI is InChI=1S/C22H26N6O3/c1-27-11-4-3-6-16(27)14-25-21(30)15-8-9-19(24-13-15)28-20(29)12-18(26-28)17-7-5-10-23-22(17)31-2/h5,7-10,12-13,16,26H,3-4,6,11,14H2,1-2H3,(H,25,30). The Morgan fingerprint density at radius 1 is 1.29 bits per heavy atom. The highest BCUT2D eigenvalue weighted by Gasteiger charge is 2.20. The molecule has 3 aromatic heterocycles. The monoisotopic (exact) mass is 422 g/mol. The second-order valence-corrected chi connectivity index (χ2v) is 7.65. The topological polar surface area (TPSA) is 105 Å². The molecule has 0 radical (unpaired) electrons. The van der Waals surface area contributed by atoms with Gasteiger partial charge >= 0.3 is 0 Å². The fourth-order valence-electron chi connectivity index (χ4n) is 3.83. The zero-order valence-electron chi connectivity index (χ0n) is 17.7. The van der Waals surface area contributed by atoms with Gasteiger partial charge in [0, 0.05) is 31.0 Å². The molecule has 4 heterocycles. The number of methoxy groups -OCH3 is 1. The Bertz CT molecular complexity index is 1100. The van der Waals surface area contributed by atoms with Crippen molar-refractivity contribution < 1.29 is 9.53 Å². The summed E-state index contributed by atoms with van der Waals surface area (Å²) < 4.78 is 6.58. The lowest BCUT2D eigenvalue weighted by Gasteiger charge is -2.32. The third-order valence-corrected chi connectivity index (χ3v) is 5.63. The Labute approximate surface area is 180 Å². The number of hydrogen-bond donors (Lipinski definition) is 2. The summed E-state index contributed by atoms with van der Waals surface area (Å²) in [5, 5.41) is 6.02. The molecule has 162 valence electrons. The molecule has 0 aliphatic carbocycles. The van der Waals surface area contributed by atoms with Gasteiger partial charge in [0.2, 0.25) is 5.88 Å². The minimum atomic E-state index is -0.272. The second-order valence-electron chi connectivity index (χ2n) is 7.65. The summed E-state index contributed by atoms with van der Waals surface area (Å²) in [6.07, 6.45) is 6.59. The van der Waals surface area contributed by atoms with Crippen LogP contribution in [0.15, 0.2) is 47.5 Å². The number of rotatable bonds is 6. The molecule has 3 aromatic rings. The zero-order valence-corrected chi connectivity index (χ0v) is 17.7. The van der Waals surface area contributed by atoms with E-state index in [1.165, 1.54) is 36.9 Å². The van der Waals surface area contributed by atoms with Crippen LogP contribution in [0.3, 0.4) is 0 Å². The van der Waals surface area contributed by atoms with E-state index in [1.807, 2.05) is 6.07 Å². The molecule has 1 aliphatic rings. The van der Waals surface area contributed by atoms with Crippen LogP contribution in [-0.2, 0) is 0 Å². The van der Waals surface area contributed by atoms with Crippen molar-refractivity contribution in [1.82, 2.24) is 30.0 Å². The van der Waals surface area contributed by atoms with Gasteiger partial charge in [0.05, 0.1) is 23.9 Å². The molecule has 0 spiro atoms. The lowest BCUT2D eigenvalue weighted by atomic mass is 10.0. The first-order valence-corrected chi connectivity index (χ1v) is 10.3. The van der Waals surface area contributed by atoms with Crippen LogP contribution < -0.4 is 15.6 Å². The summed E-state index contributed by atoms with van der Waals surface area (Å²) in [5.41, 5.74) is 1.42. The summed E-state index contributed by atoms with van der Waals surface area (Å²) in [6.45, 7) is 1.68. The van der Waals surface area contributed by atoms with Crippen LogP contribution in [0, 0.1) is 0 Å². The molecule has 2 N–H and O–H groups in total. The average Bonchev–Trinajstić information content (AvgIpc) is 3.19. The summed E-state index contributed by atoms with van der Waals surface area (Å²) >= 11 is 0. The Balaban J connectivity index is 1.47. The minimum Gasteiger partial charge on any atom is -0.481 e. The van der Waals surface area contributed by atoms with E-state index in [-0.39, 0.29) is 11.5 Å². The molecule has 1 fully saturated rings. The van der Waals surface area contributed by atoms with E-state index in [0.29, 0.717) is 41.1 Å². The fraction of sp³-hybridized carbons (Fsp3) is 0.364. The van der Waals surface area contributed by atoms with Crippen LogP contribution in [0.4, 0.5) is 0 Å². The number of amides is 1. The molecule has 1 atom stereocenters. The van der Waals surface area contributed by atoms with Gasteiger partial charge in [0.15, 0.2) is 5.82 Å². The lowest BCUT2D eigenvalue weighted by Crippen LogP contribution is -2.44. The predicted octanol–water partition coefficient (Wildman–Crippen LogP) is 1.85. The highest BCUT2D eigenvalue weighted by atomic mass is 16.5. The number of piperidine rings is 1. The quantitative estimate of drug-likeness (QED) is 0.628. The molecule has 1 aliphatic heterocycles. The SMILES string of the molecule is COc1ncccc1-c1cc(=O)n(-c2ccc(C(=O)NCC3CCCCN3C)cn2)[nH]1. The van der Waals surface area contributed by atoms with E-state index < -0.39 is 0 Å². The Morgan fingerprint density at radius 3 is 2.90 bits per heavy atom. The number of nitrogens with zero attached hydrogens (tertiary/aromatic N) is 4. The van der Waals surface area contributed by atoms with E-state index >= 15 is 0 Å². The number of pyridine rings is 2. The Hall–Kier alpha value is -3.46. The van der Waals surface area contributed by atoms with Crippen LogP contribution in [0.1, 0.15) is 29.6 Å². The number of hydrogen-bond acceptors (Lipinski definition) is 6. The predicted molar refractivity (Wildman–Crippen MR) is 117 cm³/mol. The molecule has 9 heteroatoms. The average molecular weight is 422 g/mol. The molecular weight excluding hydrogens is 396 g/mol. The second kappa shape index (κ2) is 9.13. The first-order chi connectivity index (χ1) is 15.1. The normalized spacial score (nSPS) is 16.8. The third-order valence-electron chi connectivity index (χ3n) is 5.63. The van der Waals surface area contributed by atoms with Crippen LogP contribution in [0.2, 0.25) is 0 Å². The van der Waals surface area contributed by atoms with E-state index in [4.69, 9.17) is 4.74 Å². The molecule has 0 saturated carbocycles. The number of ether oxygens (including phenoxy) is 1. The van der Waals surface area contributed by atoms with Gasteiger partial charge in [-0.25, -0.2) is 14.6 Å². The van der Waals surface area contributed by atoms with Crippen LogP contribution in [0.5, 0.6) is 5.88 Å². The number of nitrogens with one attached hydrogen (secondary N) is 2. The smallest absolute Gasteiger partial charge is 0.273 e. The van der Waals surface area contributed by atoms with Crippen molar-refractivity contribution in [3.63, 3.8) is 0 Å². The molecule has 0 aromatic carbocycles. The van der Waals surface area contributed by atoms with Crippen molar-refractivity contribution in [2.75, 3.05) is 27.2 Å². The summed E-state index contributed by atoms with van der Waals surface area (Å²) in [7, 11) is 3.62. The maximum atomic E-state index is 12.5. The van der Waals surface area contributed by atoms with Crippen LogP contribution in [0.25, 0.3) is 17.1 Å². The van der Waals surface area contributed by atoms with E-state index in [2.05, 4.69) is 32.3 Å². The maximum Gasteiger partial charge on any atom is 0.273 e. The van der Waals surface area contributed by atoms with Gasteiger partial charge in [-0.3, -0.25) is 14.7 Å². The van der Waals surface area contributed by atoms with Gasteiger partial charge in [0.1, 0.15) is 0 Å². The third kappa shape index (κ3) is 4.51. The van der Waals surface area contributed by atoms with E-state index in [9.17, 15) is 9.59 Å². The highest BCUT2D eigenvalue weighted by Crippen LogP contribution is 2.25. The van der Waals surface area contributed by atoms with Crippen molar-refractivity contribution in [1.29, 1.82) is 0 Å². The Kier molecular flexibility index (Phi) is 6.13. The summed E-state index contributed by atoms with van der Waals surface area (Å²) in [4.78, 5) is 35.7. The minimum absolute atomic E-state index is 0.169. The van der Waals surface area contributed by atoms with Crippen LogP contribution in [-0.4, -0.2) is 63.8 Å². The number of carbonyl (C=O) groups excluding carboxylic acids is 1. The van der Waals surface area contributed by atoms with Gasteiger partial charge in [-0.05, 0) is 50.7 Å². The van der Waals surface area contributed by atoms with E-state index in [1.54, 1.807) is 24.4 Å². The van der Waals surface area contributed by atoms with Crippen LogP contribution >= 0.6 is 0 Å². The van der Waals surface area contributed by atoms with Crippen molar-refractivity contribution in [2.24, 2.45) is 0 Å². The maximum absolute atomic E-state index is 12.5. The number of likely N-dealkylation sites (tertiary alicyclic amines) is 1. The number of aromatic nitrogens is 4. The van der Waals surface area contributed by atoms with Gasteiger partial charge in [-0.2, -0.15) is 0 Å². The van der Waals surface area contributed by atoms with Gasteiger partial charge in [-0.1, -0.05) is 6.42 Å². The summed E-state index contributed by atoms with van der Waals surface area (Å²) in [6, 6.07) is 8.72. The lowest BCUT2D eigenvalue weighted by molar-refractivity contribution is 0.0928. The summed E-state index contributed by atoms with van der Waals surface area (Å²) in [5.74, 6) is 0.639. The molecule has 0 bridgehead atoms. The number of aromatic amines is 1. The highest BCUT2D eigenvalue weighted by molar-refractivity contribution is 5.93. The van der Waals surface area contributed by atoms with Gasteiger partial charge in [0.25, 0.3) is 11.5 Å². The molecule has 1 amide bonds. The zero-order chi connectivity index (χ0) is 21.8. The van der Waals surface area contributed by atoms with Gasteiger partial charge < -0.3 is 15.0 Å². The first kappa shape index (κ1) is 20.8. The number of likely N-dealkylation sites (N-methyl/N-ethyl adjacent to an activating group) is 1. The molecule has 1 saturated heterocycles. The first-order valence-electron chi connectivity index (χ1n) is 10.3. The van der Waals surface area contributed by atoms with E-state index in [0.717, 1.165) is 13.0 Å². The molecule has 4 rings (SSSR count). The molecule has 31 heavy (non-hydrogen) atoms. The van der Waals surface area contributed by atoms with Crippen molar-refractivity contribution in [3.8, 4) is 23.0 Å². The fourth-order valence-corrected chi connectivity index (χ4v) is 3.83. The van der Waals surface area contributed by atoms with Gasteiger partial charge in [-0.15, -0.1) is 0 Å². The van der Waals surface area contributed by atoms with Crippen molar-refractivity contribution in [3.05, 3.63) is 58.6 Å². The van der Waals surface area contributed by atoms with Crippen molar-refractivity contribution in [2.45, 2.75) is 25.3 Å². The Morgan fingerprint density at radius 2 is 2.16 bits per heavy atom. The van der Waals surface area contributed by atoms with Crippen molar-refractivity contribution >= 4 is 5.91 Å². The largest absolute Gasteiger partial charge is 0.481 e. The number of carbonyl (C=O) groups is 1. The molecule has 1 unspecified atom stereocenters. The molecule has 9 nitrogen and oxygen atoms in total. The molecular formula is C22H26N6O3.